The first-order valence-corrected chi connectivity index (χ1v) is 6.07. The molecule has 0 aromatic carbocycles. The summed E-state index contributed by atoms with van der Waals surface area (Å²) in [5.41, 5.74) is 5.50. The number of hydrogen-bond acceptors (Lipinski definition) is 4. The van der Waals surface area contributed by atoms with E-state index >= 15 is 0 Å². The number of nitrogens with two attached hydrogens (primary N) is 1. The first-order valence-electron chi connectivity index (χ1n) is 6.07. The summed E-state index contributed by atoms with van der Waals surface area (Å²) >= 11 is 0. The van der Waals surface area contributed by atoms with Gasteiger partial charge in [-0.1, -0.05) is 27.7 Å². The van der Waals surface area contributed by atoms with Crippen LogP contribution in [0.4, 0.5) is 0 Å². The molecule has 0 saturated carbocycles. The van der Waals surface area contributed by atoms with Crippen molar-refractivity contribution in [3.05, 3.63) is 11.3 Å². The van der Waals surface area contributed by atoms with Gasteiger partial charge in [-0.05, 0) is 11.8 Å². The van der Waals surface area contributed by atoms with E-state index in [1.165, 1.54) is 7.05 Å². The van der Waals surface area contributed by atoms with E-state index in [9.17, 15) is 14.7 Å². The Morgan fingerprint density at radius 1 is 1.33 bits per heavy atom. The van der Waals surface area contributed by atoms with E-state index in [0.29, 0.717) is 6.42 Å². The van der Waals surface area contributed by atoms with Crippen molar-refractivity contribution >= 4 is 11.7 Å². The maximum absolute atomic E-state index is 12.0. The molecular weight excluding hydrogens is 232 g/mol. The van der Waals surface area contributed by atoms with Gasteiger partial charge in [0.1, 0.15) is 5.57 Å². The van der Waals surface area contributed by atoms with Crippen molar-refractivity contribution in [3.8, 4) is 0 Å². The lowest BCUT2D eigenvalue weighted by Crippen LogP contribution is -2.33. The van der Waals surface area contributed by atoms with E-state index in [0.717, 1.165) is 0 Å². The van der Waals surface area contributed by atoms with Gasteiger partial charge in [0.05, 0.1) is 6.10 Å². The molecule has 0 spiro atoms. The Balaban J connectivity index is 5.09. The standard InChI is InChI=1S/C13H24N2O3/c1-6-8(14)11(12(18)15-5)9(16)7-10(17)13(2,3)4/h10,17H,6-7,14H2,1-5H3,(H,15,18)/b11-8-. The predicted molar refractivity (Wildman–Crippen MR) is 70.7 cm³/mol. The second kappa shape index (κ2) is 6.54. The number of ketones is 1. The van der Waals surface area contributed by atoms with Crippen LogP contribution in [0.5, 0.6) is 0 Å². The molecule has 0 aliphatic carbocycles. The average molecular weight is 256 g/mol. The summed E-state index contributed by atoms with van der Waals surface area (Å²) in [4.78, 5) is 23.7. The molecule has 0 heterocycles. The van der Waals surface area contributed by atoms with Gasteiger partial charge in [0.15, 0.2) is 5.78 Å². The van der Waals surface area contributed by atoms with Crippen molar-refractivity contribution in [2.75, 3.05) is 7.05 Å². The lowest BCUT2D eigenvalue weighted by molar-refractivity contribution is -0.124. The Hall–Kier alpha value is -1.36. The molecule has 104 valence electrons. The third-order valence-electron chi connectivity index (χ3n) is 2.81. The van der Waals surface area contributed by atoms with E-state index in [1.54, 1.807) is 6.92 Å². The molecule has 0 radical (unpaired) electrons. The molecule has 1 atom stereocenters. The molecule has 0 bridgehead atoms. The van der Waals surface area contributed by atoms with E-state index in [2.05, 4.69) is 5.32 Å². The maximum Gasteiger partial charge on any atom is 0.256 e. The smallest absolute Gasteiger partial charge is 0.256 e. The minimum absolute atomic E-state index is 0.0386. The van der Waals surface area contributed by atoms with E-state index < -0.39 is 23.2 Å². The minimum atomic E-state index is -0.811. The van der Waals surface area contributed by atoms with Gasteiger partial charge in [-0.2, -0.15) is 0 Å². The molecule has 5 heteroatoms. The Kier molecular flexibility index (Phi) is 6.05. The van der Waals surface area contributed by atoms with Crippen LogP contribution in [0.3, 0.4) is 0 Å². The molecule has 0 saturated heterocycles. The van der Waals surface area contributed by atoms with Crippen LogP contribution in [0.1, 0.15) is 40.5 Å². The lowest BCUT2D eigenvalue weighted by Gasteiger charge is -2.25. The summed E-state index contributed by atoms with van der Waals surface area (Å²) in [5, 5.41) is 12.3. The van der Waals surface area contributed by atoms with E-state index in [4.69, 9.17) is 5.73 Å². The molecule has 0 aliphatic rings. The Morgan fingerprint density at radius 3 is 2.17 bits per heavy atom. The molecule has 0 aliphatic heterocycles. The van der Waals surface area contributed by atoms with Crippen LogP contribution in [0.25, 0.3) is 0 Å². The topological polar surface area (TPSA) is 92.4 Å². The molecule has 4 N–H and O–H groups in total. The number of aliphatic hydroxyl groups is 1. The van der Waals surface area contributed by atoms with Crippen LogP contribution in [-0.2, 0) is 9.59 Å². The van der Waals surface area contributed by atoms with Crippen molar-refractivity contribution in [3.63, 3.8) is 0 Å². The van der Waals surface area contributed by atoms with Crippen LogP contribution in [0.2, 0.25) is 0 Å². The van der Waals surface area contributed by atoms with Gasteiger partial charge < -0.3 is 16.2 Å². The summed E-state index contributed by atoms with van der Waals surface area (Å²) in [5.74, 6) is -0.920. The second-order valence-electron chi connectivity index (χ2n) is 5.34. The van der Waals surface area contributed by atoms with Crippen LogP contribution >= 0.6 is 0 Å². The van der Waals surface area contributed by atoms with Crippen molar-refractivity contribution < 1.29 is 14.7 Å². The largest absolute Gasteiger partial charge is 0.401 e. The van der Waals surface area contributed by atoms with Gasteiger partial charge in [0.25, 0.3) is 5.91 Å². The van der Waals surface area contributed by atoms with E-state index in [-0.39, 0.29) is 17.7 Å². The Bertz CT molecular complexity index is 354. The van der Waals surface area contributed by atoms with Crippen molar-refractivity contribution in [1.82, 2.24) is 5.32 Å². The molecule has 0 aromatic rings. The molecule has 1 amide bonds. The van der Waals surface area contributed by atoms with Crippen molar-refractivity contribution in [2.45, 2.75) is 46.6 Å². The number of hydrogen-bond donors (Lipinski definition) is 3. The quantitative estimate of drug-likeness (QED) is 0.384. The van der Waals surface area contributed by atoms with Crippen LogP contribution in [0.15, 0.2) is 11.3 Å². The summed E-state index contributed by atoms with van der Waals surface area (Å²) in [6.07, 6.45) is -0.498. The van der Waals surface area contributed by atoms with Crippen molar-refractivity contribution in [1.29, 1.82) is 0 Å². The van der Waals surface area contributed by atoms with Gasteiger partial charge >= 0.3 is 0 Å². The van der Waals surface area contributed by atoms with Crippen LogP contribution < -0.4 is 11.1 Å². The summed E-state index contributed by atoms with van der Waals surface area (Å²) in [6.45, 7) is 7.26. The number of carbonyl (C=O) groups excluding carboxylic acids is 2. The van der Waals surface area contributed by atoms with Gasteiger partial charge in [-0.3, -0.25) is 9.59 Å². The third kappa shape index (κ3) is 4.49. The minimum Gasteiger partial charge on any atom is -0.401 e. The second-order valence-corrected chi connectivity index (χ2v) is 5.34. The summed E-state index contributed by atoms with van der Waals surface area (Å²) in [7, 11) is 1.44. The molecule has 18 heavy (non-hydrogen) atoms. The number of allylic oxidation sites excluding steroid dienone is 1. The fourth-order valence-electron chi connectivity index (χ4n) is 1.34. The summed E-state index contributed by atoms with van der Waals surface area (Å²) in [6, 6.07) is 0. The number of aliphatic hydroxyl groups excluding tert-OH is 1. The number of rotatable bonds is 5. The Labute approximate surface area is 108 Å². The lowest BCUT2D eigenvalue weighted by atomic mass is 9.85. The van der Waals surface area contributed by atoms with Gasteiger partial charge in [-0.25, -0.2) is 0 Å². The van der Waals surface area contributed by atoms with Gasteiger partial charge in [0, 0.05) is 19.2 Å². The number of amides is 1. The molecule has 1 unspecified atom stereocenters. The van der Waals surface area contributed by atoms with Gasteiger partial charge in [0.2, 0.25) is 0 Å². The van der Waals surface area contributed by atoms with Crippen LogP contribution in [-0.4, -0.2) is 29.9 Å². The molecule has 0 fully saturated rings. The fourth-order valence-corrected chi connectivity index (χ4v) is 1.34. The normalized spacial score (nSPS) is 14.8. The fraction of sp³-hybridized carbons (Fsp3) is 0.692. The third-order valence-corrected chi connectivity index (χ3v) is 2.81. The molecule has 0 rings (SSSR count). The Morgan fingerprint density at radius 2 is 1.83 bits per heavy atom. The molecule has 5 nitrogen and oxygen atoms in total. The first-order chi connectivity index (χ1) is 8.15. The predicted octanol–water partition coefficient (Wildman–Crippen LogP) is 0.721. The molecule has 0 aromatic heterocycles. The maximum atomic E-state index is 12.0. The first kappa shape index (κ1) is 16.6. The highest BCUT2D eigenvalue weighted by molar-refractivity contribution is 6.19. The SMILES string of the molecule is CC/C(N)=C(\C(=O)CC(O)C(C)(C)C)C(=O)NC. The highest BCUT2D eigenvalue weighted by Crippen LogP contribution is 2.23. The zero-order valence-corrected chi connectivity index (χ0v) is 11.8. The zero-order chi connectivity index (χ0) is 14.5. The number of Topliss-reactive ketones (excluding diaryl/α,β-unsaturated/α-hetero) is 1. The van der Waals surface area contributed by atoms with Crippen molar-refractivity contribution in [2.24, 2.45) is 11.1 Å². The summed E-state index contributed by atoms with van der Waals surface area (Å²) < 4.78 is 0. The number of nitrogens with one attached hydrogen (secondary N) is 1. The molecular formula is C13H24N2O3. The van der Waals surface area contributed by atoms with Crippen LogP contribution in [0, 0.1) is 5.41 Å². The highest BCUT2D eigenvalue weighted by atomic mass is 16.3. The highest BCUT2D eigenvalue weighted by Gasteiger charge is 2.28. The average Bonchev–Trinajstić information content (AvgIpc) is 2.27. The number of likely N-dealkylation sites (N-methyl/N-ethyl adjacent to an activating group) is 1. The van der Waals surface area contributed by atoms with Gasteiger partial charge in [-0.15, -0.1) is 0 Å². The van der Waals surface area contributed by atoms with E-state index in [1.807, 2.05) is 20.8 Å². The zero-order valence-electron chi connectivity index (χ0n) is 11.8. The number of carbonyl (C=O) groups is 2. The monoisotopic (exact) mass is 256 g/mol.